The maximum absolute atomic E-state index is 11.8. The van der Waals surface area contributed by atoms with E-state index < -0.39 is 12.2 Å². The third-order valence-electron chi connectivity index (χ3n) is 4.46. The monoisotopic (exact) mass is 298 g/mol. The average Bonchev–Trinajstić information content (AvgIpc) is 2.49. The molecule has 0 bridgehead atoms. The van der Waals surface area contributed by atoms with E-state index in [2.05, 4.69) is 0 Å². The summed E-state index contributed by atoms with van der Waals surface area (Å²) < 4.78 is 0. The highest BCUT2D eigenvalue weighted by molar-refractivity contribution is 5.93. The van der Waals surface area contributed by atoms with Gasteiger partial charge in [-0.2, -0.15) is 0 Å². The molecule has 0 fully saturated rings. The van der Waals surface area contributed by atoms with Crippen molar-refractivity contribution in [1.29, 1.82) is 0 Å². The van der Waals surface area contributed by atoms with Crippen molar-refractivity contribution in [3.8, 4) is 0 Å². The number of carbonyl (C=O) groups excluding carboxylic acids is 1. The molecule has 0 radical (unpaired) electrons. The number of allylic oxidation sites excluding steroid dienone is 1. The molecule has 0 aromatic carbocycles. The van der Waals surface area contributed by atoms with Crippen LogP contribution in [0.25, 0.3) is 0 Å². The number of ketones is 1. The average molecular weight is 298 g/mol. The van der Waals surface area contributed by atoms with Crippen LogP contribution in [0.3, 0.4) is 0 Å². The van der Waals surface area contributed by atoms with E-state index in [1.54, 1.807) is 6.08 Å². The van der Waals surface area contributed by atoms with Crippen LogP contribution in [0, 0.1) is 11.8 Å². The van der Waals surface area contributed by atoms with Gasteiger partial charge in [-0.15, -0.1) is 0 Å². The Hall–Kier alpha value is -0.710. The first kappa shape index (κ1) is 18.3. The Balaban J connectivity index is 2.14. The van der Waals surface area contributed by atoms with E-state index in [0.717, 1.165) is 44.9 Å². The Morgan fingerprint density at radius 2 is 1.86 bits per heavy atom. The molecule has 0 amide bonds. The van der Waals surface area contributed by atoms with Gasteiger partial charge in [0.25, 0.3) is 0 Å². The summed E-state index contributed by atoms with van der Waals surface area (Å²) in [5, 5.41) is 28.1. The van der Waals surface area contributed by atoms with Crippen LogP contribution < -0.4 is 0 Å². The Labute approximate surface area is 127 Å². The fourth-order valence-corrected chi connectivity index (χ4v) is 2.98. The number of unbranched alkanes of at least 4 members (excludes halogenated alkanes) is 4. The van der Waals surface area contributed by atoms with Crippen LogP contribution in [0.5, 0.6) is 0 Å². The number of aliphatic hydroxyl groups excluding tert-OH is 3. The van der Waals surface area contributed by atoms with Crippen LogP contribution in [-0.4, -0.2) is 39.9 Å². The number of aliphatic hydroxyl groups is 3. The number of hydrogen-bond donors (Lipinski definition) is 3. The Morgan fingerprint density at radius 1 is 1.19 bits per heavy atom. The van der Waals surface area contributed by atoms with Gasteiger partial charge < -0.3 is 15.3 Å². The maximum Gasteiger partial charge on any atom is 0.161 e. The van der Waals surface area contributed by atoms with E-state index in [4.69, 9.17) is 5.11 Å². The second-order valence-corrected chi connectivity index (χ2v) is 6.11. The molecule has 4 heteroatoms. The van der Waals surface area contributed by atoms with E-state index in [0.29, 0.717) is 6.42 Å². The fourth-order valence-electron chi connectivity index (χ4n) is 2.98. The van der Waals surface area contributed by atoms with Crippen LogP contribution in [0.1, 0.15) is 58.3 Å². The first-order valence-corrected chi connectivity index (χ1v) is 8.29. The van der Waals surface area contributed by atoms with Gasteiger partial charge in [0.05, 0.1) is 18.8 Å². The van der Waals surface area contributed by atoms with E-state index in [9.17, 15) is 15.0 Å². The van der Waals surface area contributed by atoms with Crippen molar-refractivity contribution in [3.05, 3.63) is 12.2 Å². The van der Waals surface area contributed by atoms with Gasteiger partial charge in [0.15, 0.2) is 5.78 Å². The summed E-state index contributed by atoms with van der Waals surface area (Å²) in [5.41, 5.74) is 0. The normalized spacial score (nSPS) is 27.0. The van der Waals surface area contributed by atoms with E-state index >= 15 is 0 Å². The number of rotatable bonds is 10. The van der Waals surface area contributed by atoms with Crippen molar-refractivity contribution in [3.63, 3.8) is 0 Å². The Bertz CT molecular complexity index is 327. The van der Waals surface area contributed by atoms with Gasteiger partial charge in [-0.05, 0) is 25.3 Å². The topological polar surface area (TPSA) is 77.8 Å². The van der Waals surface area contributed by atoms with E-state index in [1.165, 1.54) is 0 Å². The van der Waals surface area contributed by atoms with Gasteiger partial charge in [-0.25, -0.2) is 0 Å². The van der Waals surface area contributed by atoms with Crippen molar-refractivity contribution in [2.45, 2.75) is 70.5 Å². The summed E-state index contributed by atoms with van der Waals surface area (Å²) in [6.45, 7) is 1.87. The van der Waals surface area contributed by atoms with Gasteiger partial charge in [-0.3, -0.25) is 4.79 Å². The summed E-state index contributed by atoms with van der Waals surface area (Å²) in [6.07, 6.45) is 9.70. The van der Waals surface area contributed by atoms with Gasteiger partial charge in [0.1, 0.15) is 0 Å². The smallest absolute Gasteiger partial charge is 0.161 e. The maximum atomic E-state index is 11.8. The third-order valence-corrected chi connectivity index (χ3v) is 4.46. The van der Waals surface area contributed by atoms with Crippen molar-refractivity contribution in [1.82, 2.24) is 0 Å². The summed E-state index contributed by atoms with van der Waals surface area (Å²) >= 11 is 0. The molecule has 4 unspecified atom stereocenters. The lowest BCUT2D eigenvalue weighted by Crippen LogP contribution is -2.36. The minimum atomic E-state index is -0.585. The number of hydrogen-bond acceptors (Lipinski definition) is 4. The zero-order valence-electron chi connectivity index (χ0n) is 13.1. The molecule has 1 aliphatic carbocycles. The van der Waals surface area contributed by atoms with Crippen molar-refractivity contribution >= 4 is 5.78 Å². The quantitative estimate of drug-likeness (QED) is 0.540. The lowest BCUT2D eigenvalue weighted by molar-refractivity contribution is -0.124. The van der Waals surface area contributed by atoms with Gasteiger partial charge in [0.2, 0.25) is 0 Å². The predicted octanol–water partition coefficient (Wildman–Crippen LogP) is 2.21. The first-order chi connectivity index (χ1) is 10.1. The van der Waals surface area contributed by atoms with Crippen LogP contribution in [0.15, 0.2) is 12.2 Å². The SMILES string of the molecule is CCC1C=CC(=O)C(CCCCCCCC(O)CO)C1O. The second-order valence-electron chi connectivity index (χ2n) is 6.11. The molecule has 3 N–H and O–H groups in total. The fraction of sp³-hybridized carbons (Fsp3) is 0.824. The highest BCUT2D eigenvalue weighted by Crippen LogP contribution is 2.28. The lowest BCUT2D eigenvalue weighted by atomic mass is 9.79. The molecule has 0 aromatic heterocycles. The van der Waals surface area contributed by atoms with Crippen LogP contribution in [0.4, 0.5) is 0 Å². The van der Waals surface area contributed by atoms with Crippen molar-refractivity contribution in [2.24, 2.45) is 11.8 Å². The molecule has 0 heterocycles. The standard InChI is InChI=1S/C17H30O4/c1-2-13-10-11-16(20)15(17(13)21)9-7-5-3-4-6-8-14(19)12-18/h10-11,13-15,17-19,21H,2-9,12H2,1H3. The summed E-state index contributed by atoms with van der Waals surface area (Å²) in [5.74, 6) is -0.0397. The molecule has 4 atom stereocenters. The van der Waals surface area contributed by atoms with Crippen LogP contribution in [-0.2, 0) is 4.79 Å². The van der Waals surface area contributed by atoms with Crippen molar-refractivity contribution in [2.75, 3.05) is 6.61 Å². The zero-order chi connectivity index (χ0) is 15.7. The van der Waals surface area contributed by atoms with Crippen LogP contribution in [0.2, 0.25) is 0 Å². The molecule has 1 aliphatic rings. The number of carbonyl (C=O) groups is 1. The molecule has 0 saturated carbocycles. The Morgan fingerprint density at radius 3 is 2.52 bits per heavy atom. The molecule has 0 aromatic rings. The minimum absolute atomic E-state index is 0.0678. The molecule has 122 valence electrons. The molecular weight excluding hydrogens is 268 g/mol. The van der Waals surface area contributed by atoms with Crippen molar-refractivity contribution < 1.29 is 20.1 Å². The zero-order valence-corrected chi connectivity index (χ0v) is 13.1. The predicted molar refractivity (Wildman–Crippen MR) is 82.8 cm³/mol. The van der Waals surface area contributed by atoms with E-state index in [-0.39, 0.29) is 24.2 Å². The molecule has 4 nitrogen and oxygen atoms in total. The molecule has 0 saturated heterocycles. The molecule has 0 aliphatic heterocycles. The highest BCUT2D eigenvalue weighted by Gasteiger charge is 2.32. The lowest BCUT2D eigenvalue weighted by Gasteiger charge is -2.29. The second kappa shape index (κ2) is 10.1. The van der Waals surface area contributed by atoms with Gasteiger partial charge >= 0.3 is 0 Å². The summed E-state index contributed by atoms with van der Waals surface area (Å²) in [6, 6.07) is 0. The summed E-state index contributed by atoms with van der Waals surface area (Å²) in [7, 11) is 0. The third kappa shape index (κ3) is 6.29. The molecular formula is C17H30O4. The molecule has 21 heavy (non-hydrogen) atoms. The van der Waals surface area contributed by atoms with Gasteiger partial charge in [-0.1, -0.05) is 45.1 Å². The van der Waals surface area contributed by atoms with Gasteiger partial charge in [0, 0.05) is 11.8 Å². The highest BCUT2D eigenvalue weighted by atomic mass is 16.3. The largest absolute Gasteiger partial charge is 0.394 e. The summed E-state index contributed by atoms with van der Waals surface area (Å²) in [4.78, 5) is 11.8. The molecule has 1 rings (SSSR count). The first-order valence-electron chi connectivity index (χ1n) is 8.29. The Kier molecular flexibility index (Phi) is 8.81. The molecule has 0 spiro atoms. The van der Waals surface area contributed by atoms with Crippen LogP contribution >= 0.6 is 0 Å². The van der Waals surface area contributed by atoms with E-state index in [1.807, 2.05) is 13.0 Å². The minimum Gasteiger partial charge on any atom is -0.394 e.